The van der Waals surface area contributed by atoms with Crippen molar-refractivity contribution in [3.63, 3.8) is 0 Å². The fourth-order valence-corrected chi connectivity index (χ4v) is 3.82. The van der Waals surface area contributed by atoms with Gasteiger partial charge >= 0.3 is 0 Å². The molecule has 1 aliphatic heterocycles. The second-order valence-electron chi connectivity index (χ2n) is 6.16. The van der Waals surface area contributed by atoms with Gasteiger partial charge in [0.05, 0.1) is 21.8 Å². The van der Waals surface area contributed by atoms with E-state index < -0.39 is 0 Å². The quantitative estimate of drug-likeness (QED) is 0.929. The van der Waals surface area contributed by atoms with Gasteiger partial charge in [0, 0.05) is 39.6 Å². The average Bonchev–Trinajstić information content (AvgIpc) is 3.07. The Morgan fingerprint density at radius 2 is 2.17 bits per heavy atom. The minimum Gasteiger partial charge on any atom is -0.354 e. The highest BCUT2D eigenvalue weighted by molar-refractivity contribution is 7.13. The predicted octanol–water partition coefficient (Wildman–Crippen LogP) is 1.95. The van der Waals surface area contributed by atoms with Crippen molar-refractivity contribution in [1.29, 1.82) is 0 Å². The van der Waals surface area contributed by atoms with Crippen LogP contribution in [0.1, 0.15) is 31.2 Å². The van der Waals surface area contributed by atoms with Gasteiger partial charge in [0.1, 0.15) is 5.69 Å². The third kappa shape index (κ3) is 3.79. The molecule has 23 heavy (non-hydrogen) atoms. The van der Waals surface area contributed by atoms with E-state index >= 15 is 0 Å². The number of amides is 1. The number of likely N-dealkylation sites (tertiary alicyclic amines) is 1. The lowest BCUT2D eigenvalue weighted by Gasteiger charge is -2.32. The van der Waals surface area contributed by atoms with Crippen LogP contribution < -0.4 is 5.32 Å². The molecular weight excluding hydrogens is 310 g/mol. The fourth-order valence-electron chi connectivity index (χ4n) is 3.06. The summed E-state index contributed by atoms with van der Waals surface area (Å²) in [6.07, 6.45) is 2.02. The largest absolute Gasteiger partial charge is 0.354 e. The van der Waals surface area contributed by atoms with E-state index in [0.29, 0.717) is 6.04 Å². The van der Waals surface area contributed by atoms with E-state index in [1.807, 2.05) is 24.2 Å². The number of thiazole rings is 1. The first-order valence-electron chi connectivity index (χ1n) is 7.95. The molecule has 1 amide bonds. The van der Waals surface area contributed by atoms with Gasteiger partial charge in [-0.1, -0.05) is 0 Å². The standard InChI is InChI=1S/C16H23N5OS/c1-11-16(23-10-17-11)15-8-14(20(3)19-15)9-21-6-4-13(5-7-21)18-12(2)22/h8,10,13H,4-7,9H2,1-3H3,(H,18,22). The van der Waals surface area contributed by atoms with Crippen LogP contribution in [0.4, 0.5) is 0 Å². The SMILES string of the molecule is CC(=O)NC1CCN(Cc2cc(-c3scnc3C)nn2C)CC1. The highest BCUT2D eigenvalue weighted by atomic mass is 32.1. The Labute approximate surface area is 140 Å². The van der Waals surface area contributed by atoms with Gasteiger partial charge in [0.2, 0.25) is 5.91 Å². The minimum atomic E-state index is 0.0691. The number of nitrogens with one attached hydrogen (secondary N) is 1. The monoisotopic (exact) mass is 333 g/mol. The van der Waals surface area contributed by atoms with Gasteiger partial charge in [0.15, 0.2) is 0 Å². The van der Waals surface area contributed by atoms with Crippen LogP contribution in [-0.2, 0) is 18.4 Å². The highest BCUT2D eigenvalue weighted by Crippen LogP contribution is 2.27. The van der Waals surface area contributed by atoms with Crippen LogP contribution in [0.2, 0.25) is 0 Å². The molecule has 0 radical (unpaired) electrons. The van der Waals surface area contributed by atoms with Gasteiger partial charge in [-0.05, 0) is 25.8 Å². The average molecular weight is 333 g/mol. The Kier molecular flexibility index (Phi) is 4.77. The lowest BCUT2D eigenvalue weighted by molar-refractivity contribution is -0.119. The third-order valence-electron chi connectivity index (χ3n) is 4.34. The predicted molar refractivity (Wildman–Crippen MR) is 91.2 cm³/mol. The van der Waals surface area contributed by atoms with Crippen molar-refractivity contribution in [2.45, 2.75) is 39.3 Å². The maximum atomic E-state index is 11.1. The van der Waals surface area contributed by atoms with Gasteiger partial charge < -0.3 is 5.32 Å². The van der Waals surface area contributed by atoms with E-state index in [9.17, 15) is 4.79 Å². The molecule has 124 valence electrons. The number of nitrogens with zero attached hydrogens (tertiary/aromatic N) is 4. The van der Waals surface area contributed by atoms with Gasteiger partial charge in [-0.15, -0.1) is 11.3 Å². The van der Waals surface area contributed by atoms with E-state index in [0.717, 1.165) is 48.7 Å². The van der Waals surface area contributed by atoms with E-state index in [1.165, 1.54) is 5.69 Å². The van der Waals surface area contributed by atoms with E-state index in [4.69, 9.17) is 0 Å². The Bertz CT molecular complexity index is 684. The van der Waals surface area contributed by atoms with Gasteiger partial charge in [-0.25, -0.2) is 4.98 Å². The molecule has 0 unspecified atom stereocenters. The Morgan fingerprint density at radius 3 is 2.78 bits per heavy atom. The maximum Gasteiger partial charge on any atom is 0.217 e. The van der Waals surface area contributed by atoms with Crippen LogP contribution >= 0.6 is 11.3 Å². The Hall–Kier alpha value is -1.73. The number of carbonyl (C=O) groups is 1. The fraction of sp³-hybridized carbons (Fsp3) is 0.562. The lowest BCUT2D eigenvalue weighted by atomic mass is 10.0. The van der Waals surface area contributed by atoms with E-state index in [1.54, 1.807) is 18.3 Å². The summed E-state index contributed by atoms with van der Waals surface area (Å²) in [6, 6.07) is 2.49. The molecule has 2 aromatic rings. The normalized spacial score (nSPS) is 16.7. The molecule has 3 rings (SSSR count). The first-order chi connectivity index (χ1) is 11.0. The number of rotatable bonds is 4. The first kappa shape index (κ1) is 16.1. The highest BCUT2D eigenvalue weighted by Gasteiger charge is 2.21. The molecule has 3 heterocycles. The van der Waals surface area contributed by atoms with Crippen LogP contribution in [0.25, 0.3) is 10.6 Å². The molecule has 1 aliphatic rings. The molecule has 2 aromatic heterocycles. The summed E-state index contributed by atoms with van der Waals surface area (Å²) in [5.41, 5.74) is 5.13. The van der Waals surface area contributed by atoms with Crippen molar-refractivity contribution in [3.05, 3.63) is 23.0 Å². The molecule has 7 heteroatoms. The summed E-state index contributed by atoms with van der Waals surface area (Å²) in [4.78, 5) is 19.0. The van der Waals surface area contributed by atoms with Crippen LogP contribution in [-0.4, -0.2) is 44.7 Å². The summed E-state index contributed by atoms with van der Waals surface area (Å²) in [5.74, 6) is 0.0691. The van der Waals surface area contributed by atoms with Crippen LogP contribution in [0.5, 0.6) is 0 Å². The summed E-state index contributed by atoms with van der Waals surface area (Å²) < 4.78 is 1.97. The number of aromatic nitrogens is 3. The zero-order valence-electron chi connectivity index (χ0n) is 13.9. The molecule has 0 atom stereocenters. The number of hydrogen-bond donors (Lipinski definition) is 1. The second-order valence-corrected chi connectivity index (χ2v) is 7.02. The molecule has 0 spiro atoms. The molecule has 0 saturated carbocycles. The van der Waals surface area contributed by atoms with Crippen molar-refractivity contribution in [2.24, 2.45) is 7.05 Å². The van der Waals surface area contributed by atoms with Gasteiger partial charge in [0.25, 0.3) is 0 Å². The van der Waals surface area contributed by atoms with Crippen molar-refractivity contribution in [2.75, 3.05) is 13.1 Å². The molecule has 1 fully saturated rings. The Morgan fingerprint density at radius 1 is 1.43 bits per heavy atom. The molecule has 0 aliphatic carbocycles. The summed E-state index contributed by atoms with van der Waals surface area (Å²) in [6.45, 7) is 6.52. The topological polar surface area (TPSA) is 63.1 Å². The van der Waals surface area contributed by atoms with Crippen molar-refractivity contribution < 1.29 is 4.79 Å². The lowest BCUT2D eigenvalue weighted by Crippen LogP contribution is -2.43. The molecule has 1 saturated heterocycles. The molecular formula is C16H23N5OS. The third-order valence-corrected chi connectivity index (χ3v) is 5.29. The van der Waals surface area contributed by atoms with Crippen LogP contribution in [0.15, 0.2) is 11.6 Å². The Balaban J connectivity index is 1.62. The van der Waals surface area contributed by atoms with Crippen molar-refractivity contribution in [1.82, 2.24) is 25.0 Å². The van der Waals surface area contributed by atoms with E-state index in [2.05, 4.69) is 26.4 Å². The van der Waals surface area contributed by atoms with E-state index in [-0.39, 0.29) is 5.91 Å². The van der Waals surface area contributed by atoms with Gasteiger partial charge in [-0.2, -0.15) is 5.10 Å². The molecule has 0 bridgehead atoms. The van der Waals surface area contributed by atoms with Crippen molar-refractivity contribution >= 4 is 17.2 Å². The molecule has 1 N–H and O–H groups in total. The smallest absolute Gasteiger partial charge is 0.217 e. The number of carbonyl (C=O) groups excluding carboxylic acids is 1. The second kappa shape index (κ2) is 6.80. The zero-order valence-corrected chi connectivity index (χ0v) is 14.7. The van der Waals surface area contributed by atoms with Crippen molar-refractivity contribution in [3.8, 4) is 10.6 Å². The minimum absolute atomic E-state index is 0.0691. The molecule has 0 aromatic carbocycles. The zero-order chi connectivity index (χ0) is 16.4. The summed E-state index contributed by atoms with van der Waals surface area (Å²) in [7, 11) is 2.00. The number of hydrogen-bond acceptors (Lipinski definition) is 5. The van der Waals surface area contributed by atoms with Crippen LogP contribution in [0.3, 0.4) is 0 Å². The van der Waals surface area contributed by atoms with Crippen LogP contribution in [0, 0.1) is 6.92 Å². The number of aryl methyl sites for hydroxylation is 2. The molecule has 6 nitrogen and oxygen atoms in total. The first-order valence-corrected chi connectivity index (χ1v) is 8.83. The number of piperidine rings is 1. The summed E-state index contributed by atoms with van der Waals surface area (Å²) in [5, 5.41) is 7.65. The summed E-state index contributed by atoms with van der Waals surface area (Å²) >= 11 is 1.64. The van der Waals surface area contributed by atoms with Gasteiger partial charge in [-0.3, -0.25) is 14.4 Å². The maximum absolute atomic E-state index is 11.1.